The number of carboxylic acid groups (broad SMARTS) is 2. The van der Waals surface area contributed by atoms with E-state index >= 15 is 0 Å². The molecule has 0 aromatic carbocycles. The van der Waals surface area contributed by atoms with E-state index in [0.29, 0.717) is 30.3 Å². The number of thioether (sulfide) groups is 1. The van der Waals surface area contributed by atoms with Crippen LogP contribution in [-0.2, 0) is 25.6 Å². The van der Waals surface area contributed by atoms with Gasteiger partial charge in [0.05, 0.1) is 0 Å². The Kier molecular flexibility index (Phi) is 9.93. The third-order valence-corrected chi connectivity index (χ3v) is 10.9. The van der Waals surface area contributed by atoms with Gasteiger partial charge in [-0.15, -0.1) is 0 Å². The minimum Gasteiger partial charge on any atom is -0.481 e. The number of aromatic amines is 1. The molecule has 5 rings (SSSR count). The second kappa shape index (κ2) is 13.5. The Hall–Kier alpha value is -3.38. The Morgan fingerprint density at radius 3 is 2.33 bits per heavy atom. The standard InChI is InChI=1S/C33H42N4O6S2/c1-15-19(5-7-29(38)39)25(34-22(15)11-24-17(3)21(9-10-44)33(43)36-24)13-26-20(6-8-30(40)41)16(2)23(35-26)12-27-31(28-14-45-28)18(4)32(42)37-27/h9,12-13,17-18,22,24,28,31,34-35,44H,5-8,10-11,14H2,1-4H3,(H,36,43)(H,37,42)(H,38,39)(H,40,41)/b21-9-,25-13-,27-12-/t17?,18-,22?,24-,28+,31-/m1/s1. The molecule has 6 atom stereocenters. The summed E-state index contributed by atoms with van der Waals surface area (Å²) in [5.74, 6) is -0.325. The zero-order valence-corrected chi connectivity index (χ0v) is 27.7. The van der Waals surface area contributed by atoms with Crippen molar-refractivity contribution in [3.05, 3.63) is 56.7 Å². The highest BCUT2D eigenvalue weighted by Crippen LogP contribution is 2.46. The van der Waals surface area contributed by atoms with Crippen molar-refractivity contribution < 1.29 is 29.4 Å². The summed E-state index contributed by atoms with van der Waals surface area (Å²) >= 11 is 6.11. The van der Waals surface area contributed by atoms with Crippen molar-refractivity contribution in [3.63, 3.8) is 0 Å². The second-order valence-electron chi connectivity index (χ2n) is 12.5. The summed E-state index contributed by atoms with van der Waals surface area (Å²) < 4.78 is 0. The molecule has 3 fully saturated rings. The Bertz CT molecular complexity index is 1540. The van der Waals surface area contributed by atoms with Gasteiger partial charge in [0, 0.05) is 87.8 Å². The van der Waals surface area contributed by atoms with E-state index in [4.69, 9.17) is 0 Å². The number of carbonyl (C=O) groups is 4. The lowest BCUT2D eigenvalue weighted by atomic mass is 9.90. The van der Waals surface area contributed by atoms with Crippen LogP contribution in [0.1, 0.15) is 69.0 Å². The van der Waals surface area contributed by atoms with E-state index in [1.807, 2.05) is 57.7 Å². The summed E-state index contributed by atoms with van der Waals surface area (Å²) in [4.78, 5) is 51.8. The van der Waals surface area contributed by atoms with Gasteiger partial charge in [0.25, 0.3) is 0 Å². The van der Waals surface area contributed by atoms with Gasteiger partial charge in [-0.25, -0.2) is 0 Å². The number of hydrogen-bond acceptors (Lipinski definition) is 7. The van der Waals surface area contributed by atoms with Gasteiger partial charge >= 0.3 is 11.9 Å². The number of carbonyl (C=O) groups excluding carboxylic acids is 2. The molecular weight excluding hydrogens is 613 g/mol. The normalized spacial score (nSPS) is 30.4. The molecule has 0 saturated carbocycles. The molecule has 4 aliphatic heterocycles. The lowest BCUT2D eigenvalue weighted by molar-refractivity contribution is -0.138. The van der Waals surface area contributed by atoms with Gasteiger partial charge in [-0.05, 0) is 67.5 Å². The summed E-state index contributed by atoms with van der Waals surface area (Å²) in [6.45, 7) is 7.95. The van der Waals surface area contributed by atoms with E-state index in [2.05, 4.69) is 33.6 Å². The first-order valence-corrected chi connectivity index (χ1v) is 17.2. The van der Waals surface area contributed by atoms with Crippen molar-refractivity contribution in [3.8, 4) is 0 Å². The fraction of sp³-hybridized carbons (Fsp3) is 0.515. The maximum absolute atomic E-state index is 12.6. The molecule has 5 heterocycles. The molecule has 0 radical (unpaired) electrons. The van der Waals surface area contributed by atoms with E-state index in [0.717, 1.165) is 56.4 Å². The molecule has 0 spiro atoms. The van der Waals surface area contributed by atoms with Crippen molar-refractivity contribution in [2.45, 2.75) is 77.1 Å². The molecule has 1 aromatic rings. The monoisotopic (exact) mass is 654 g/mol. The summed E-state index contributed by atoms with van der Waals surface area (Å²) in [5.41, 5.74) is 7.69. The number of rotatable bonds is 12. The number of nitrogens with one attached hydrogen (secondary N) is 4. The summed E-state index contributed by atoms with van der Waals surface area (Å²) in [7, 11) is 0. The van der Waals surface area contributed by atoms with Crippen molar-refractivity contribution in [1.82, 2.24) is 20.9 Å². The largest absolute Gasteiger partial charge is 0.481 e. The van der Waals surface area contributed by atoms with E-state index < -0.39 is 11.9 Å². The molecule has 0 aliphatic carbocycles. The summed E-state index contributed by atoms with van der Waals surface area (Å²) in [6, 6.07) is -0.204. The molecule has 4 aliphatic rings. The maximum Gasteiger partial charge on any atom is 0.303 e. The maximum atomic E-state index is 12.6. The van der Waals surface area contributed by atoms with Gasteiger partial charge < -0.3 is 31.1 Å². The van der Waals surface area contributed by atoms with E-state index in [-0.39, 0.29) is 54.5 Å². The average Bonchev–Trinajstić information content (AvgIpc) is 3.56. The summed E-state index contributed by atoms with van der Waals surface area (Å²) in [6.07, 6.45) is 6.99. The van der Waals surface area contributed by atoms with Crippen LogP contribution in [0.4, 0.5) is 0 Å². The highest BCUT2D eigenvalue weighted by Gasteiger charge is 2.45. The van der Waals surface area contributed by atoms with Crippen molar-refractivity contribution in [2.75, 3.05) is 11.5 Å². The molecule has 242 valence electrons. The summed E-state index contributed by atoms with van der Waals surface area (Å²) in [5, 5.41) is 29.2. The van der Waals surface area contributed by atoms with Crippen LogP contribution in [-0.4, -0.2) is 67.8 Å². The highest BCUT2D eigenvalue weighted by atomic mass is 32.2. The number of thiol groups is 1. The molecule has 10 nitrogen and oxygen atoms in total. The van der Waals surface area contributed by atoms with Crippen LogP contribution in [0.15, 0.2) is 34.2 Å². The molecule has 2 amide bonds. The number of aliphatic carboxylic acids is 2. The molecule has 2 unspecified atom stereocenters. The van der Waals surface area contributed by atoms with Gasteiger partial charge in [0.1, 0.15) is 0 Å². The molecule has 0 bridgehead atoms. The molecule has 6 N–H and O–H groups in total. The Labute approximate surface area is 273 Å². The number of allylic oxidation sites excluding steroid dienone is 2. The number of aromatic nitrogens is 1. The van der Waals surface area contributed by atoms with Crippen LogP contribution in [0.5, 0.6) is 0 Å². The zero-order chi connectivity index (χ0) is 32.6. The predicted octanol–water partition coefficient (Wildman–Crippen LogP) is 4.05. The van der Waals surface area contributed by atoms with Gasteiger partial charge in [-0.3, -0.25) is 19.2 Å². The first-order chi connectivity index (χ1) is 21.4. The van der Waals surface area contributed by atoms with Crippen molar-refractivity contribution in [2.24, 2.45) is 17.8 Å². The fourth-order valence-electron chi connectivity index (χ4n) is 6.92. The number of carboxylic acids is 2. The van der Waals surface area contributed by atoms with Crippen molar-refractivity contribution in [1.29, 1.82) is 0 Å². The molecular formula is C33H42N4O6S2. The lowest BCUT2D eigenvalue weighted by Crippen LogP contribution is -2.36. The van der Waals surface area contributed by atoms with E-state index in [1.165, 1.54) is 0 Å². The first kappa shape index (κ1) is 33.0. The van der Waals surface area contributed by atoms with Crippen molar-refractivity contribution >= 4 is 60.3 Å². The highest BCUT2D eigenvalue weighted by molar-refractivity contribution is 8.06. The van der Waals surface area contributed by atoms with Gasteiger partial charge in [-0.1, -0.05) is 19.9 Å². The fourth-order valence-corrected chi connectivity index (χ4v) is 8.02. The Morgan fingerprint density at radius 2 is 1.69 bits per heavy atom. The van der Waals surface area contributed by atoms with E-state index in [9.17, 15) is 29.4 Å². The SMILES string of the molecule is CC1=C(CCC(=O)O)/C(=C/c2[nH]c(/C=C3\NC(=O)[C@H](C)[C@H]3[C@@H]3CS3)c(C)c2CCC(=O)O)NC1C[C@H]1NC(=O)/C(=C\CS)C1C. The number of amides is 2. The molecule has 12 heteroatoms. The Balaban J connectivity index is 1.49. The Morgan fingerprint density at radius 1 is 1.00 bits per heavy atom. The van der Waals surface area contributed by atoms with Gasteiger partial charge in [0.15, 0.2) is 0 Å². The molecule has 45 heavy (non-hydrogen) atoms. The number of H-pyrrole nitrogens is 1. The van der Waals surface area contributed by atoms with Gasteiger partial charge in [-0.2, -0.15) is 24.4 Å². The van der Waals surface area contributed by atoms with Gasteiger partial charge in [0.2, 0.25) is 11.8 Å². The first-order valence-electron chi connectivity index (χ1n) is 15.5. The van der Waals surface area contributed by atoms with Crippen LogP contribution in [0.2, 0.25) is 0 Å². The van der Waals surface area contributed by atoms with E-state index in [1.54, 1.807) is 0 Å². The van der Waals surface area contributed by atoms with Crippen LogP contribution >= 0.6 is 24.4 Å². The quantitative estimate of drug-likeness (QED) is 0.101. The third-order valence-electron chi connectivity index (χ3n) is 9.68. The predicted molar refractivity (Wildman–Crippen MR) is 179 cm³/mol. The van der Waals surface area contributed by atoms with Crippen LogP contribution < -0.4 is 16.0 Å². The number of hydrogen-bond donors (Lipinski definition) is 7. The molecule has 3 saturated heterocycles. The average molecular weight is 655 g/mol. The minimum absolute atomic E-state index is 0.00989. The lowest BCUT2D eigenvalue weighted by Gasteiger charge is -2.21. The van der Waals surface area contributed by atoms with Crippen LogP contribution in [0, 0.1) is 24.7 Å². The minimum atomic E-state index is -0.896. The van der Waals surface area contributed by atoms with Crippen LogP contribution in [0.25, 0.3) is 12.2 Å². The van der Waals surface area contributed by atoms with Crippen LogP contribution in [0.3, 0.4) is 0 Å². The molecule has 1 aromatic heterocycles. The third kappa shape index (κ3) is 7.06. The smallest absolute Gasteiger partial charge is 0.303 e. The second-order valence-corrected chi connectivity index (χ2v) is 14.1. The topological polar surface area (TPSA) is 161 Å². The zero-order valence-electron chi connectivity index (χ0n) is 26.0.